The van der Waals surface area contributed by atoms with E-state index < -0.39 is 11.9 Å². The highest BCUT2D eigenvalue weighted by Gasteiger charge is 2.38. The largest absolute Gasteiger partial charge is 0.481 e. The molecular weight excluding hydrogens is 242 g/mol. The monoisotopic (exact) mass is 265 g/mol. The number of piperidine rings is 1. The molecule has 2 rings (SSSR count). The third-order valence-corrected chi connectivity index (χ3v) is 4.45. The van der Waals surface area contributed by atoms with Crippen LogP contribution in [-0.2, 0) is 9.59 Å². The van der Waals surface area contributed by atoms with E-state index in [0.717, 1.165) is 25.8 Å². The van der Waals surface area contributed by atoms with Gasteiger partial charge in [0.2, 0.25) is 5.91 Å². The Morgan fingerprint density at radius 1 is 1.21 bits per heavy atom. The lowest BCUT2D eigenvalue weighted by molar-refractivity contribution is -0.152. The van der Waals surface area contributed by atoms with Crippen molar-refractivity contribution < 1.29 is 14.7 Å². The Labute approximate surface area is 114 Å². The molecule has 2 aliphatic rings. The minimum Gasteiger partial charge on any atom is -0.481 e. The zero-order valence-electron chi connectivity index (χ0n) is 11.5. The second kappa shape index (κ2) is 6.22. The van der Waals surface area contributed by atoms with Crippen molar-refractivity contribution >= 4 is 11.9 Å². The maximum absolute atomic E-state index is 12.7. The SMILES string of the molecule is CC[C@@H]1CCCCN1C(=O)[C@H]1CC=CC[C@H]1C(=O)O. The molecule has 1 aliphatic heterocycles. The highest BCUT2D eigenvalue weighted by atomic mass is 16.4. The Hall–Kier alpha value is -1.32. The van der Waals surface area contributed by atoms with Gasteiger partial charge in [-0.15, -0.1) is 0 Å². The maximum atomic E-state index is 12.7. The number of aliphatic carboxylic acids is 1. The number of nitrogens with zero attached hydrogens (tertiary/aromatic N) is 1. The summed E-state index contributed by atoms with van der Waals surface area (Å²) in [7, 11) is 0. The number of rotatable bonds is 3. The van der Waals surface area contributed by atoms with Crippen LogP contribution in [-0.4, -0.2) is 34.5 Å². The van der Waals surface area contributed by atoms with E-state index in [0.29, 0.717) is 18.9 Å². The molecule has 1 N–H and O–H groups in total. The molecule has 1 heterocycles. The van der Waals surface area contributed by atoms with Gasteiger partial charge in [0.05, 0.1) is 11.8 Å². The molecule has 0 aromatic rings. The molecule has 4 nitrogen and oxygen atoms in total. The topological polar surface area (TPSA) is 57.6 Å². The average Bonchev–Trinajstić information content (AvgIpc) is 2.46. The molecule has 0 radical (unpaired) electrons. The molecule has 0 spiro atoms. The first-order valence-electron chi connectivity index (χ1n) is 7.33. The van der Waals surface area contributed by atoms with E-state index in [-0.39, 0.29) is 11.8 Å². The van der Waals surface area contributed by atoms with Crippen molar-refractivity contribution in [2.75, 3.05) is 6.54 Å². The van der Waals surface area contributed by atoms with Crippen LogP contribution in [0.4, 0.5) is 0 Å². The fourth-order valence-corrected chi connectivity index (χ4v) is 3.29. The molecule has 1 fully saturated rings. The number of carbonyl (C=O) groups excluding carboxylic acids is 1. The lowest BCUT2D eigenvalue weighted by Gasteiger charge is -2.39. The van der Waals surface area contributed by atoms with Gasteiger partial charge >= 0.3 is 5.97 Å². The zero-order valence-corrected chi connectivity index (χ0v) is 11.5. The molecule has 1 saturated heterocycles. The summed E-state index contributed by atoms with van der Waals surface area (Å²) in [6.45, 7) is 2.90. The summed E-state index contributed by atoms with van der Waals surface area (Å²) in [4.78, 5) is 25.9. The number of allylic oxidation sites excluding steroid dienone is 2. The van der Waals surface area contributed by atoms with Crippen molar-refractivity contribution in [3.8, 4) is 0 Å². The molecule has 4 heteroatoms. The van der Waals surface area contributed by atoms with E-state index in [9.17, 15) is 14.7 Å². The third-order valence-electron chi connectivity index (χ3n) is 4.45. The van der Waals surface area contributed by atoms with Crippen LogP contribution in [0.2, 0.25) is 0 Å². The highest BCUT2D eigenvalue weighted by molar-refractivity contribution is 5.85. The standard InChI is InChI=1S/C15H23NO3/c1-2-11-7-5-6-10-16(11)14(17)12-8-3-4-9-13(12)15(18)19/h3-4,11-13H,2,5-10H2,1H3,(H,18,19)/t11-,12+,13-/m1/s1. The molecule has 0 bridgehead atoms. The Bertz CT molecular complexity index is 378. The third kappa shape index (κ3) is 2.99. The van der Waals surface area contributed by atoms with E-state index in [1.165, 1.54) is 6.42 Å². The molecular formula is C15H23NO3. The van der Waals surface area contributed by atoms with Gasteiger partial charge in [0, 0.05) is 12.6 Å². The Morgan fingerprint density at radius 2 is 1.89 bits per heavy atom. The molecule has 3 atom stereocenters. The Kier molecular flexibility index (Phi) is 4.61. The van der Waals surface area contributed by atoms with E-state index in [2.05, 4.69) is 6.92 Å². The first-order valence-corrected chi connectivity index (χ1v) is 7.33. The van der Waals surface area contributed by atoms with Gasteiger partial charge in [-0.3, -0.25) is 9.59 Å². The summed E-state index contributed by atoms with van der Waals surface area (Å²) in [5, 5.41) is 9.27. The Morgan fingerprint density at radius 3 is 2.53 bits per heavy atom. The van der Waals surface area contributed by atoms with Crippen LogP contribution >= 0.6 is 0 Å². The first-order chi connectivity index (χ1) is 9.15. The normalized spacial score (nSPS) is 31.2. The van der Waals surface area contributed by atoms with Crippen molar-refractivity contribution in [3.63, 3.8) is 0 Å². The quantitative estimate of drug-likeness (QED) is 0.797. The molecule has 1 amide bonds. The van der Waals surface area contributed by atoms with Crippen molar-refractivity contribution in [1.29, 1.82) is 0 Å². The predicted octanol–water partition coefficient (Wildman–Crippen LogP) is 2.44. The summed E-state index contributed by atoms with van der Waals surface area (Å²) in [6.07, 6.45) is 9.13. The molecule has 19 heavy (non-hydrogen) atoms. The van der Waals surface area contributed by atoms with Gasteiger partial charge in [0.1, 0.15) is 0 Å². The lowest BCUT2D eigenvalue weighted by Crippen LogP contribution is -2.48. The summed E-state index contributed by atoms with van der Waals surface area (Å²) < 4.78 is 0. The van der Waals surface area contributed by atoms with Crippen LogP contribution in [0.1, 0.15) is 45.4 Å². The summed E-state index contributed by atoms with van der Waals surface area (Å²) in [6, 6.07) is 0.307. The van der Waals surface area contributed by atoms with Gasteiger partial charge in [-0.25, -0.2) is 0 Å². The molecule has 0 unspecified atom stereocenters. The second-order valence-electron chi connectivity index (χ2n) is 5.58. The van der Waals surface area contributed by atoms with Crippen molar-refractivity contribution in [2.45, 2.75) is 51.5 Å². The smallest absolute Gasteiger partial charge is 0.307 e. The number of carboxylic acid groups (broad SMARTS) is 1. The van der Waals surface area contributed by atoms with Crippen LogP contribution in [0.3, 0.4) is 0 Å². The van der Waals surface area contributed by atoms with Gasteiger partial charge < -0.3 is 10.0 Å². The highest BCUT2D eigenvalue weighted by Crippen LogP contribution is 2.30. The van der Waals surface area contributed by atoms with Gasteiger partial charge in [-0.2, -0.15) is 0 Å². The van der Waals surface area contributed by atoms with Crippen molar-refractivity contribution in [3.05, 3.63) is 12.2 Å². The first kappa shape index (κ1) is 14.1. The fourth-order valence-electron chi connectivity index (χ4n) is 3.29. The van der Waals surface area contributed by atoms with Crippen LogP contribution in [0.25, 0.3) is 0 Å². The van der Waals surface area contributed by atoms with E-state index in [1.807, 2.05) is 17.1 Å². The molecule has 106 valence electrons. The van der Waals surface area contributed by atoms with E-state index in [1.54, 1.807) is 0 Å². The predicted molar refractivity (Wildman–Crippen MR) is 72.6 cm³/mol. The number of hydrogen-bond donors (Lipinski definition) is 1. The number of likely N-dealkylation sites (tertiary alicyclic amines) is 1. The number of carboxylic acids is 1. The van der Waals surface area contributed by atoms with Crippen LogP contribution in [0.15, 0.2) is 12.2 Å². The molecule has 0 aromatic carbocycles. The van der Waals surface area contributed by atoms with Crippen LogP contribution < -0.4 is 0 Å². The van der Waals surface area contributed by atoms with Gasteiger partial charge in [-0.05, 0) is 38.5 Å². The van der Waals surface area contributed by atoms with Crippen molar-refractivity contribution in [2.24, 2.45) is 11.8 Å². The molecule has 0 saturated carbocycles. The summed E-state index contributed by atoms with van der Waals surface area (Å²) in [5.74, 6) is -1.69. The van der Waals surface area contributed by atoms with Gasteiger partial charge in [0.15, 0.2) is 0 Å². The zero-order chi connectivity index (χ0) is 13.8. The minimum atomic E-state index is -0.840. The van der Waals surface area contributed by atoms with Crippen LogP contribution in [0.5, 0.6) is 0 Å². The minimum absolute atomic E-state index is 0.0586. The number of hydrogen-bond acceptors (Lipinski definition) is 2. The average molecular weight is 265 g/mol. The summed E-state index contributed by atoms with van der Waals surface area (Å²) in [5.41, 5.74) is 0. The fraction of sp³-hybridized carbons (Fsp3) is 0.733. The van der Waals surface area contributed by atoms with Gasteiger partial charge in [0.25, 0.3) is 0 Å². The lowest BCUT2D eigenvalue weighted by atomic mass is 9.81. The molecule has 0 aromatic heterocycles. The Balaban J connectivity index is 2.12. The second-order valence-corrected chi connectivity index (χ2v) is 5.58. The van der Waals surface area contributed by atoms with Crippen molar-refractivity contribution in [1.82, 2.24) is 4.90 Å². The maximum Gasteiger partial charge on any atom is 0.307 e. The van der Waals surface area contributed by atoms with E-state index >= 15 is 0 Å². The number of carbonyl (C=O) groups is 2. The molecule has 1 aliphatic carbocycles. The van der Waals surface area contributed by atoms with Crippen LogP contribution in [0, 0.1) is 11.8 Å². The number of amides is 1. The van der Waals surface area contributed by atoms with E-state index in [4.69, 9.17) is 0 Å². The van der Waals surface area contributed by atoms with Gasteiger partial charge in [-0.1, -0.05) is 19.1 Å². The summed E-state index contributed by atoms with van der Waals surface area (Å²) >= 11 is 0.